The molecule has 168 valence electrons. The van der Waals surface area contributed by atoms with Gasteiger partial charge in [0.2, 0.25) is 5.91 Å². The van der Waals surface area contributed by atoms with Crippen LogP contribution in [0.25, 0.3) is 0 Å². The van der Waals surface area contributed by atoms with Crippen LogP contribution in [0, 0.1) is 0 Å². The Morgan fingerprint density at radius 3 is 2.42 bits per heavy atom. The van der Waals surface area contributed by atoms with Crippen molar-refractivity contribution < 1.29 is 14.3 Å². The maximum absolute atomic E-state index is 13.1. The van der Waals surface area contributed by atoms with Gasteiger partial charge in [-0.15, -0.1) is 0 Å². The first kappa shape index (κ1) is 25.2. The summed E-state index contributed by atoms with van der Waals surface area (Å²) in [4.78, 5) is 27.3. The van der Waals surface area contributed by atoms with Crippen LogP contribution < -0.4 is 10.1 Å². The topological polar surface area (TPSA) is 58.6 Å². The zero-order chi connectivity index (χ0) is 22.8. The molecule has 2 rings (SSSR count). The highest BCUT2D eigenvalue weighted by Crippen LogP contribution is 2.26. The molecule has 0 fully saturated rings. The second-order valence-corrected chi connectivity index (χ2v) is 8.67. The standard InChI is InChI=1S/C24H30BrClN2O3/c1-4-6-13-27-24(30)17(3)28(15-19-7-10-20(26)11-8-19)23(29)16-31-22-12-9-18(5-2)14-21(22)25/h7-12,14,17H,4-6,13,15-16H2,1-3H3,(H,27,30)/t17-/m1/s1. The highest BCUT2D eigenvalue weighted by Gasteiger charge is 2.26. The van der Waals surface area contributed by atoms with Crippen molar-refractivity contribution in [2.24, 2.45) is 0 Å². The number of benzene rings is 2. The van der Waals surface area contributed by atoms with E-state index in [-0.39, 0.29) is 25.0 Å². The Morgan fingerprint density at radius 1 is 1.13 bits per heavy atom. The van der Waals surface area contributed by atoms with Crippen molar-refractivity contribution >= 4 is 39.3 Å². The summed E-state index contributed by atoms with van der Waals surface area (Å²) in [5.74, 6) is 0.154. The normalized spacial score (nSPS) is 11.6. The molecule has 0 radical (unpaired) electrons. The number of carbonyl (C=O) groups is 2. The minimum Gasteiger partial charge on any atom is -0.483 e. The number of nitrogens with one attached hydrogen (secondary N) is 1. The molecule has 0 bridgehead atoms. The molecule has 1 atom stereocenters. The molecule has 2 amide bonds. The van der Waals surface area contributed by atoms with E-state index in [1.807, 2.05) is 30.3 Å². The minimum atomic E-state index is -0.630. The molecular formula is C24H30BrClN2O3. The second kappa shape index (κ2) is 12.7. The van der Waals surface area contributed by atoms with Gasteiger partial charge in [-0.05, 0) is 71.1 Å². The van der Waals surface area contributed by atoms with E-state index in [2.05, 4.69) is 35.1 Å². The van der Waals surface area contributed by atoms with Crippen molar-refractivity contribution in [3.05, 3.63) is 63.1 Å². The largest absolute Gasteiger partial charge is 0.483 e. The van der Waals surface area contributed by atoms with Crippen LogP contribution in [0.2, 0.25) is 5.02 Å². The molecule has 31 heavy (non-hydrogen) atoms. The summed E-state index contributed by atoms with van der Waals surface area (Å²) in [5, 5.41) is 3.53. The molecule has 0 aromatic heterocycles. The molecule has 0 saturated heterocycles. The van der Waals surface area contributed by atoms with Crippen molar-refractivity contribution in [1.29, 1.82) is 0 Å². The van der Waals surface area contributed by atoms with E-state index in [1.54, 1.807) is 24.0 Å². The number of unbranched alkanes of at least 4 members (excludes halogenated alkanes) is 1. The fourth-order valence-electron chi connectivity index (χ4n) is 3.01. The van der Waals surface area contributed by atoms with Crippen LogP contribution in [0.1, 0.15) is 44.7 Å². The Labute approximate surface area is 198 Å². The molecule has 0 aliphatic heterocycles. The van der Waals surface area contributed by atoms with Gasteiger partial charge in [-0.1, -0.05) is 50.1 Å². The van der Waals surface area contributed by atoms with Crippen LogP contribution in [0.3, 0.4) is 0 Å². The van der Waals surface area contributed by atoms with Crippen LogP contribution >= 0.6 is 27.5 Å². The van der Waals surface area contributed by atoms with E-state index in [0.29, 0.717) is 17.3 Å². The summed E-state index contributed by atoms with van der Waals surface area (Å²) < 4.78 is 6.57. The minimum absolute atomic E-state index is 0.162. The molecule has 5 nitrogen and oxygen atoms in total. The number of carbonyl (C=O) groups excluding carboxylic acids is 2. The molecule has 2 aromatic rings. The summed E-state index contributed by atoms with van der Waals surface area (Å²) in [6.45, 7) is 6.60. The lowest BCUT2D eigenvalue weighted by Gasteiger charge is -2.29. The van der Waals surface area contributed by atoms with E-state index >= 15 is 0 Å². The predicted octanol–water partition coefficient (Wildman–Crippen LogP) is 5.38. The Kier molecular flexibility index (Phi) is 10.3. The van der Waals surface area contributed by atoms with E-state index in [9.17, 15) is 9.59 Å². The third-order valence-electron chi connectivity index (χ3n) is 5.02. The number of halogens is 2. The molecule has 0 spiro atoms. The number of amides is 2. The van der Waals surface area contributed by atoms with Gasteiger partial charge >= 0.3 is 0 Å². The molecule has 0 saturated carbocycles. The summed E-state index contributed by atoms with van der Waals surface area (Å²) in [6.07, 6.45) is 2.80. The number of aryl methyl sites for hydroxylation is 1. The van der Waals surface area contributed by atoms with Gasteiger partial charge < -0.3 is 15.0 Å². The molecule has 0 aliphatic rings. The fraction of sp³-hybridized carbons (Fsp3) is 0.417. The average Bonchev–Trinajstić information content (AvgIpc) is 2.77. The first-order chi connectivity index (χ1) is 14.8. The molecule has 1 N–H and O–H groups in total. The Hall–Kier alpha value is -2.05. The SMILES string of the molecule is CCCCNC(=O)[C@@H](C)N(Cc1ccc(Cl)cc1)C(=O)COc1ccc(CC)cc1Br. The van der Waals surface area contributed by atoms with Gasteiger partial charge in [-0.3, -0.25) is 9.59 Å². The summed E-state index contributed by atoms with van der Waals surface area (Å²) in [5.41, 5.74) is 2.06. The Balaban J connectivity index is 2.12. The first-order valence-electron chi connectivity index (χ1n) is 10.6. The van der Waals surface area contributed by atoms with Crippen molar-refractivity contribution in [2.75, 3.05) is 13.2 Å². The van der Waals surface area contributed by atoms with Gasteiger partial charge in [0.1, 0.15) is 11.8 Å². The van der Waals surface area contributed by atoms with Crippen molar-refractivity contribution in [1.82, 2.24) is 10.2 Å². The molecule has 7 heteroatoms. The monoisotopic (exact) mass is 508 g/mol. The van der Waals surface area contributed by atoms with Crippen LogP contribution in [-0.4, -0.2) is 35.9 Å². The number of hydrogen-bond donors (Lipinski definition) is 1. The van der Waals surface area contributed by atoms with E-state index in [1.165, 1.54) is 5.56 Å². The van der Waals surface area contributed by atoms with Crippen molar-refractivity contribution in [3.8, 4) is 5.75 Å². The highest BCUT2D eigenvalue weighted by molar-refractivity contribution is 9.10. The van der Waals surface area contributed by atoms with Gasteiger partial charge in [0.25, 0.3) is 5.91 Å². The zero-order valence-corrected chi connectivity index (χ0v) is 20.6. The van der Waals surface area contributed by atoms with Crippen molar-refractivity contribution in [3.63, 3.8) is 0 Å². The number of hydrogen-bond acceptors (Lipinski definition) is 3. The molecule has 0 aliphatic carbocycles. The second-order valence-electron chi connectivity index (χ2n) is 7.38. The van der Waals surface area contributed by atoms with Crippen LogP contribution in [0.4, 0.5) is 0 Å². The zero-order valence-electron chi connectivity index (χ0n) is 18.3. The third-order valence-corrected chi connectivity index (χ3v) is 5.89. The summed E-state index contributed by atoms with van der Waals surface area (Å²) >= 11 is 9.48. The molecule has 2 aromatic carbocycles. The van der Waals surface area contributed by atoms with Crippen LogP contribution in [0.5, 0.6) is 5.75 Å². The molecule has 0 unspecified atom stereocenters. The Morgan fingerprint density at radius 2 is 1.81 bits per heavy atom. The number of nitrogens with zero attached hydrogens (tertiary/aromatic N) is 1. The number of rotatable bonds is 11. The van der Waals surface area contributed by atoms with E-state index < -0.39 is 6.04 Å². The smallest absolute Gasteiger partial charge is 0.261 e. The van der Waals surface area contributed by atoms with Crippen molar-refractivity contribution in [2.45, 2.75) is 52.6 Å². The van der Waals surface area contributed by atoms with Gasteiger partial charge in [0.15, 0.2) is 6.61 Å². The van der Waals surface area contributed by atoms with E-state index in [4.69, 9.17) is 16.3 Å². The van der Waals surface area contributed by atoms with Gasteiger partial charge in [-0.25, -0.2) is 0 Å². The van der Waals surface area contributed by atoms with Gasteiger partial charge in [-0.2, -0.15) is 0 Å². The van der Waals surface area contributed by atoms with E-state index in [0.717, 1.165) is 29.3 Å². The number of ether oxygens (including phenoxy) is 1. The fourth-order valence-corrected chi connectivity index (χ4v) is 3.68. The quantitative estimate of drug-likeness (QED) is 0.414. The predicted molar refractivity (Wildman–Crippen MR) is 128 cm³/mol. The first-order valence-corrected chi connectivity index (χ1v) is 11.8. The Bertz CT molecular complexity index is 874. The summed E-state index contributed by atoms with van der Waals surface area (Å²) in [6, 6.07) is 12.4. The summed E-state index contributed by atoms with van der Waals surface area (Å²) in [7, 11) is 0. The van der Waals surface area contributed by atoms with Gasteiger partial charge in [0, 0.05) is 18.1 Å². The highest BCUT2D eigenvalue weighted by atomic mass is 79.9. The lowest BCUT2D eigenvalue weighted by atomic mass is 10.1. The van der Waals surface area contributed by atoms with Gasteiger partial charge in [0.05, 0.1) is 4.47 Å². The van der Waals surface area contributed by atoms with Crippen LogP contribution in [-0.2, 0) is 22.6 Å². The average molecular weight is 510 g/mol. The van der Waals surface area contributed by atoms with Crippen LogP contribution in [0.15, 0.2) is 46.9 Å². The lowest BCUT2D eigenvalue weighted by molar-refractivity contribution is -0.142. The molecule has 0 heterocycles. The molecular weight excluding hydrogens is 480 g/mol. The third kappa shape index (κ3) is 7.86. The maximum atomic E-state index is 13.1. The lowest BCUT2D eigenvalue weighted by Crippen LogP contribution is -2.49. The maximum Gasteiger partial charge on any atom is 0.261 e.